The molecule has 0 unspecified atom stereocenters. The van der Waals surface area contributed by atoms with Crippen molar-refractivity contribution in [2.75, 3.05) is 22.9 Å². The Balaban J connectivity index is 1.59. The van der Waals surface area contributed by atoms with E-state index in [0.29, 0.717) is 47.1 Å². The number of nitrogens with two attached hydrogens (primary N) is 6. The van der Waals surface area contributed by atoms with Crippen LogP contribution in [0.4, 0.5) is 11.4 Å². The van der Waals surface area contributed by atoms with Crippen LogP contribution in [0, 0.1) is 0 Å². The van der Waals surface area contributed by atoms with Crippen LogP contribution in [0.25, 0.3) is 0 Å². The number of fused-ring (bicyclic) bond motifs is 2. The smallest absolute Gasteiger partial charge is 0.251 e. The summed E-state index contributed by atoms with van der Waals surface area (Å²) in [4.78, 5) is 63.8. The predicted molar refractivity (Wildman–Crippen MR) is 245 cm³/mol. The number of rotatable bonds is 18. The molecule has 2 heterocycles. The van der Waals surface area contributed by atoms with Gasteiger partial charge in [-0.05, 0) is 99.8 Å². The van der Waals surface area contributed by atoms with E-state index in [4.69, 9.17) is 34.4 Å². The molecule has 0 bridgehead atoms. The molecule has 12 N–H and O–H groups in total. The highest BCUT2D eigenvalue weighted by Crippen LogP contribution is 2.47. The minimum Gasteiger partial charge on any atom is -0.330 e. The Morgan fingerprint density at radius 1 is 0.574 bits per heavy atom. The molecule has 2 aliphatic heterocycles. The van der Waals surface area contributed by atoms with Crippen LogP contribution in [0.15, 0.2) is 130 Å². The van der Waals surface area contributed by atoms with Gasteiger partial charge in [-0.1, -0.05) is 109 Å². The summed E-state index contributed by atoms with van der Waals surface area (Å²) in [6.45, 7) is 3.93. The van der Waals surface area contributed by atoms with E-state index >= 15 is 9.59 Å². The van der Waals surface area contributed by atoms with E-state index in [1.807, 2.05) is 84.9 Å². The van der Waals surface area contributed by atoms with Gasteiger partial charge >= 0.3 is 0 Å². The lowest BCUT2D eigenvalue weighted by atomic mass is 9.90. The molecule has 0 saturated heterocycles. The number of amides is 2. The molecule has 0 saturated carbocycles. The third-order valence-corrected chi connectivity index (χ3v) is 12.5. The Kier molecular flexibility index (Phi) is 14.6. The van der Waals surface area contributed by atoms with Gasteiger partial charge in [-0.2, -0.15) is 0 Å². The maximum Gasteiger partial charge on any atom is 0.251 e. The van der Waals surface area contributed by atoms with Crippen molar-refractivity contribution in [3.63, 3.8) is 0 Å². The van der Waals surface area contributed by atoms with Crippen molar-refractivity contribution in [3.05, 3.63) is 153 Å². The molecular weight excluding hydrogens is 785 g/mol. The standard InChI is InChI=1S/C48H58N8O4S/c1-47(53,23-13-25-49)45(59)55-37-21-11-9-19-33(37)29-39(41(55)43(57)35(51)27-31-15-5-3-6-16-31)61-40-30-34-20-10-12-22-38(34)56(46(60)48(2,54)24-14-26-50)42(40)44(58)36(52)28-32-17-7-4-8-18-32/h3-12,15-22,35-36H,13-14,23-30,49-54H2,1-2H3/t35-,36-,47-,48-/m0/s1. The topological polar surface area (TPSA) is 231 Å². The normalized spacial score (nSPS) is 16.9. The largest absolute Gasteiger partial charge is 0.330 e. The quantitative estimate of drug-likeness (QED) is 0.0816. The molecule has 2 aliphatic rings. The van der Waals surface area contributed by atoms with Crippen molar-refractivity contribution in [3.8, 4) is 0 Å². The van der Waals surface area contributed by atoms with Crippen LogP contribution in [0.2, 0.25) is 0 Å². The van der Waals surface area contributed by atoms with E-state index in [9.17, 15) is 9.59 Å². The fourth-order valence-corrected chi connectivity index (χ4v) is 9.26. The molecule has 4 aromatic carbocycles. The maximum absolute atomic E-state index is 15.1. The van der Waals surface area contributed by atoms with E-state index < -0.39 is 46.5 Å². The van der Waals surface area contributed by atoms with Gasteiger partial charge in [-0.25, -0.2) is 0 Å². The van der Waals surface area contributed by atoms with Crippen LogP contribution in [0.3, 0.4) is 0 Å². The third kappa shape index (κ3) is 10.1. The van der Waals surface area contributed by atoms with Gasteiger partial charge in [0.15, 0.2) is 11.6 Å². The van der Waals surface area contributed by atoms with Crippen molar-refractivity contribution in [2.45, 2.75) is 88.4 Å². The SMILES string of the molecule is C[C@](N)(CCCN)C(=O)N1C(C(=O)[C@@H](N)Cc2ccccc2)=C(SC2=C(C(=O)[C@@H](N)Cc3ccccc3)N(C(=O)[C@@](C)(N)CCCN)c3ccccc3C2)Cc2ccccc21. The number of hydrogen-bond acceptors (Lipinski definition) is 11. The molecule has 4 atom stereocenters. The molecule has 61 heavy (non-hydrogen) atoms. The van der Waals surface area contributed by atoms with Crippen molar-refractivity contribution in [1.29, 1.82) is 0 Å². The number of carbonyl (C=O) groups is 4. The first kappa shape index (κ1) is 45.3. The van der Waals surface area contributed by atoms with Gasteiger partial charge in [-0.15, -0.1) is 0 Å². The van der Waals surface area contributed by atoms with Crippen molar-refractivity contribution in [1.82, 2.24) is 0 Å². The molecule has 12 nitrogen and oxygen atoms in total. The Hall–Kier alpha value is -5.25. The number of thioether (sulfide) groups is 1. The summed E-state index contributed by atoms with van der Waals surface area (Å²) in [5.41, 5.74) is 40.5. The summed E-state index contributed by atoms with van der Waals surface area (Å²) in [6, 6.07) is 31.5. The molecule has 4 aromatic rings. The van der Waals surface area contributed by atoms with Crippen LogP contribution in [-0.2, 0) is 44.9 Å². The number of Topliss-reactive ketones (excluding diaryl/α,β-unsaturated/α-hetero) is 2. The van der Waals surface area contributed by atoms with Gasteiger partial charge in [-0.3, -0.25) is 29.0 Å². The zero-order valence-corrected chi connectivity index (χ0v) is 35.8. The average Bonchev–Trinajstić information content (AvgIpc) is 3.26. The van der Waals surface area contributed by atoms with Crippen molar-refractivity contribution < 1.29 is 19.2 Å². The summed E-state index contributed by atoms with van der Waals surface area (Å²) in [5.74, 6) is -1.94. The van der Waals surface area contributed by atoms with E-state index in [0.717, 1.165) is 22.3 Å². The Morgan fingerprint density at radius 3 is 1.28 bits per heavy atom. The lowest BCUT2D eigenvalue weighted by molar-refractivity contribution is -0.125. The van der Waals surface area contributed by atoms with E-state index in [-0.39, 0.29) is 49.9 Å². The second kappa shape index (κ2) is 19.6. The summed E-state index contributed by atoms with van der Waals surface area (Å²) >= 11 is 1.19. The highest BCUT2D eigenvalue weighted by molar-refractivity contribution is 8.06. The molecule has 0 spiro atoms. The average molecular weight is 843 g/mol. The van der Waals surface area contributed by atoms with Gasteiger partial charge in [0, 0.05) is 22.7 Å². The van der Waals surface area contributed by atoms with Gasteiger partial charge in [0.05, 0.1) is 34.5 Å². The second-order valence-electron chi connectivity index (χ2n) is 16.5. The molecular formula is C48H58N8O4S. The number of nitrogens with zero attached hydrogens (tertiary/aromatic N) is 2. The van der Waals surface area contributed by atoms with Crippen molar-refractivity contribution >= 4 is 46.5 Å². The van der Waals surface area contributed by atoms with Gasteiger partial charge in [0.2, 0.25) is 0 Å². The van der Waals surface area contributed by atoms with E-state index in [1.165, 1.54) is 21.6 Å². The first-order valence-electron chi connectivity index (χ1n) is 20.8. The predicted octanol–water partition coefficient (Wildman–Crippen LogP) is 4.51. The zero-order chi connectivity index (χ0) is 43.9. The Labute approximate surface area is 362 Å². The number of benzene rings is 4. The van der Waals surface area contributed by atoms with Crippen molar-refractivity contribution in [2.24, 2.45) is 34.4 Å². The molecule has 2 amide bonds. The van der Waals surface area contributed by atoms with Crippen LogP contribution < -0.4 is 44.2 Å². The Morgan fingerprint density at radius 2 is 0.918 bits per heavy atom. The zero-order valence-electron chi connectivity index (χ0n) is 35.0. The monoisotopic (exact) mass is 842 g/mol. The molecule has 0 aromatic heterocycles. The fraction of sp³-hybridized carbons (Fsp3) is 0.333. The number of carbonyl (C=O) groups excluding carboxylic acids is 4. The number of anilines is 2. The summed E-state index contributed by atoms with van der Waals surface area (Å²) in [5, 5.41) is 0. The molecule has 0 aliphatic carbocycles. The van der Waals surface area contributed by atoms with Crippen LogP contribution >= 0.6 is 11.8 Å². The fourth-order valence-electron chi connectivity index (χ4n) is 7.93. The molecule has 0 fully saturated rings. The molecule has 0 radical (unpaired) electrons. The minimum atomic E-state index is -1.42. The van der Waals surface area contributed by atoms with Crippen LogP contribution in [-0.4, -0.2) is 59.6 Å². The van der Waals surface area contributed by atoms with Crippen LogP contribution in [0.1, 0.15) is 61.8 Å². The molecule has 6 rings (SSSR count). The first-order chi connectivity index (χ1) is 29.2. The minimum absolute atomic E-state index is 0.0674. The highest BCUT2D eigenvalue weighted by atomic mass is 32.2. The number of para-hydroxylation sites is 2. The first-order valence-corrected chi connectivity index (χ1v) is 21.6. The van der Waals surface area contributed by atoms with E-state index in [2.05, 4.69) is 0 Å². The maximum atomic E-state index is 15.1. The number of allylic oxidation sites excluding steroid dienone is 2. The van der Waals surface area contributed by atoms with E-state index in [1.54, 1.807) is 38.1 Å². The number of hydrogen-bond donors (Lipinski definition) is 6. The lowest BCUT2D eigenvalue weighted by Crippen LogP contribution is -2.56. The lowest BCUT2D eigenvalue weighted by Gasteiger charge is -2.40. The third-order valence-electron chi connectivity index (χ3n) is 11.3. The van der Waals surface area contributed by atoms with Crippen LogP contribution in [0.5, 0.6) is 0 Å². The summed E-state index contributed by atoms with van der Waals surface area (Å²) in [7, 11) is 0. The second-order valence-corrected chi connectivity index (χ2v) is 17.7. The van der Waals surface area contributed by atoms with Gasteiger partial charge in [0.1, 0.15) is 11.4 Å². The highest BCUT2D eigenvalue weighted by Gasteiger charge is 2.45. The summed E-state index contributed by atoms with van der Waals surface area (Å²) in [6.07, 6.45) is 2.32. The Bertz CT molecular complexity index is 2150. The van der Waals surface area contributed by atoms with Gasteiger partial charge in [0.25, 0.3) is 11.8 Å². The molecule has 320 valence electrons. The molecule has 13 heteroatoms. The van der Waals surface area contributed by atoms with Gasteiger partial charge < -0.3 is 34.4 Å². The summed E-state index contributed by atoms with van der Waals surface area (Å²) < 4.78 is 0. The number of ketones is 2.